The van der Waals surface area contributed by atoms with Gasteiger partial charge >= 0.3 is 11.9 Å². The molecule has 2 amide bonds. The highest BCUT2D eigenvalue weighted by Crippen LogP contribution is 2.40. The number of carbonyl (C=O) groups is 4. The molecule has 3 aliphatic rings. The molecule has 128 valence electrons. The lowest BCUT2D eigenvalue weighted by atomic mass is 10.0. The summed E-state index contributed by atoms with van der Waals surface area (Å²) < 4.78 is 0. The van der Waals surface area contributed by atoms with Crippen molar-refractivity contribution in [1.29, 1.82) is 0 Å². The number of carboxylic acids is 2. The molecule has 3 heterocycles. The summed E-state index contributed by atoms with van der Waals surface area (Å²) in [5.41, 5.74) is -0.832. The second-order valence-electron chi connectivity index (χ2n) is 5.22. The molecule has 1 saturated heterocycles. The number of carboxylic acid groups (broad SMARTS) is 2. The van der Waals surface area contributed by atoms with Crippen LogP contribution in [0.1, 0.15) is 0 Å². The van der Waals surface area contributed by atoms with Crippen LogP contribution in [0.5, 0.6) is 0 Å². The molecule has 1 fully saturated rings. The SMILES string of the molecule is O=C(CN1C=CSC1)NC1C(=O)N2C(C(=O)O)=C(C(=O)O)CS[C@H]12. The molecule has 0 spiro atoms. The van der Waals surface area contributed by atoms with Crippen molar-refractivity contribution in [2.45, 2.75) is 11.4 Å². The van der Waals surface area contributed by atoms with E-state index in [1.165, 1.54) is 0 Å². The predicted octanol–water partition coefficient (Wildman–Crippen LogP) is -0.713. The van der Waals surface area contributed by atoms with E-state index in [4.69, 9.17) is 5.11 Å². The molecule has 3 N–H and O–H groups in total. The standard InChI is InChI=1S/C13H13N3O6S2/c17-7(3-15-1-2-23-5-15)14-8-10(18)16-9(13(21)22)6(12(19)20)4-24-11(8)16/h1-2,8,11H,3-5H2,(H,14,17)(H,19,20)(H,21,22)/t8?,11-/m1/s1. The van der Waals surface area contributed by atoms with Gasteiger partial charge in [-0.2, -0.15) is 0 Å². The number of hydrogen-bond acceptors (Lipinski definition) is 7. The number of thioether (sulfide) groups is 2. The molecule has 3 rings (SSSR count). The molecule has 1 unspecified atom stereocenters. The lowest BCUT2D eigenvalue weighted by Crippen LogP contribution is -2.71. The first-order chi connectivity index (χ1) is 11.4. The lowest BCUT2D eigenvalue weighted by Gasteiger charge is -2.49. The van der Waals surface area contributed by atoms with E-state index < -0.39 is 35.0 Å². The van der Waals surface area contributed by atoms with E-state index in [0.717, 1.165) is 16.7 Å². The van der Waals surface area contributed by atoms with Crippen molar-refractivity contribution < 1.29 is 29.4 Å². The van der Waals surface area contributed by atoms with Gasteiger partial charge in [0.15, 0.2) is 0 Å². The lowest BCUT2D eigenvalue weighted by molar-refractivity contribution is -0.151. The predicted molar refractivity (Wildman–Crippen MR) is 85.6 cm³/mol. The van der Waals surface area contributed by atoms with Crippen LogP contribution in [-0.2, 0) is 19.2 Å². The highest BCUT2D eigenvalue weighted by molar-refractivity contribution is 8.02. The van der Waals surface area contributed by atoms with E-state index in [1.807, 2.05) is 5.41 Å². The van der Waals surface area contributed by atoms with Crippen molar-refractivity contribution in [3.8, 4) is 0 Å². The molecule has 0 aliphatic carbocycles. The van der Waals surface area contributed by atoms with Crippen LogP contribution in [0.3, 0.4) is 0 Å². The third kappa shape index (κ3) is 2.84. The molecule has 3 aliphatic heterocycles. The fraction of sp³-hybridized carbons (Fsp3) is 0.385. The number of amides is 2. The fourth-order valence-electron chi connectivity index (χ4n) is 2.60. The maximum atomic E-state index is 12.2. The van der Waals surface area contributed by atoms with Gasteiger partial charge in [-0.1, -0.05) is 0 Å². The van der Waals surface area contributed by atoms with Crippen molar-refractivity contribution in [2.75, 3.05) is 18.2 Å². The van der Waals surface area contributed by atoms with Crippen LogP contribution in [0.15, 0.2) is 22.9 Å². The third-order valence-corrected chi connectivity index (χ3v) is 5.78. The van der Waals surface area contributed by atoms with Gasteiger partial charge in [0.1, 0.15) is 17.1 Å². The van der Waals surface area contributed by atoms with Crippen LogP contribution in [-0.4, -0.2) is 73.4 Å². The number of rotatable bonds is 5. The first-order valence-electron chi connectivity index (χ1n) is 6.86. The Hall–Kier alpha value is -2.14. The molecule has 0 radical (unpaired) electrons. The maximum Gasteiger partial charge on any atom is 0.353 e. The Bertz CT molecular complexity index is 691. The smallest absolute Gasteiger partial charge is 0.353 e. The van der Waals surface area contributed by atoms with Crippen molar-refractivity contribution in [2.24, 2.45) is 0 Å². The first-order valence-corrected chi connectivity index (χ1v) is 8.96. The van der Waals surface area contributed by atoms with Crippen LogP contribution in [0.25, 0.3) is 0 Å². The van der Waals surface area contributed by atoms with Gasteiger partial charge in [-0.05, 0) is 5.41 Å². The Balaban J connectivity index is 1.70. The third-order valence-electron chi connectivity index (χ3n) is 3.70. The number of carbonyl (C=O) groups excluding carboxylic acids is 2. The van der Waals surface area contributed by atoms with E-state index in [2.05, 4.69) is 5.32 Å². The number of β-lactam (4-membered cyclic amide) rings is 1. The van der Waals surface area contributed by atoms with Gasteiger partial charge in [0.25, 0.3) is 5.91 Å². The van der Waals surface area contributed by atoms with E-state index in [1.54, 1.807) is 22.9 Å². The molecule has 11 heteroatoms. The summed E-state index contributed by atoms with van der Waals surface area (Å²) in [6.07, 6.45) is 1.78. The zero-order valence-corrected chi connectivity index (χ0v) is 13.8. The van der Waals surface area contributed by atoms with Gasteiger partial charge in [-0.15, -0.1) is 23.5 Å². The molecular weight excluding hydrogens is 358 g/mol. The van der Waals surface area contributed by atoms with E-state index in [9.17, 15) is 24.3 Å². The number of hydrogen-bond donors (Lipinski definition) is 3. The van der Waals surface area contributed by atoms with Crippen molar-refractivity contribution >= 4 is 47.3 Å². The summed E-state index contributed by atoms with van der Waals surface area (Å²) in [5.74, 6) is -3.16. The average molecular weight is 371 g/mol. The quantitative estimate of drug-likeness (QED) is 0.537. The Kier molecular flexibility index (Phi) is 4.45. The van der Waals surface area contributed by atoms with Gasteiger partial charge < -0.3 is 20.4 Å². The van der Waals surface area contributed by atoms with Gasteiger partial charge in [-0.25, -0.2) is 9.59 Å². The number of aliphatic carboxylic acids is 2. The molecule has 0 aromatic rings. The monoisotopic (exact) mass is 371 g/mol. The number of nitrogens with one attached hydrogen (secondary N) is 1. The van der Waals surface area contributed by atoms with Crippen LogP contribution in [0.4, 0.5) is 0 Å². The summed E-state index contributed by atoms with van der Waals surface area (Å²) in [4.78, 5) is 49.4. The fourth-order valence-corrected chi connectivity index (χ4v) is 4.64. The van der Waals surface area contributed by atoms with Crippen LogP contribution in [0, 0.1) is 0 Å². The Morgan fingerprint density at radius 3 is 2.62 bits per heavy atom. The molecular formula is C13H13N3O6S2. The van der Waals surface area contributed by atoms with Gasteiger partial charge in [-0.3, -0.25) is 14.5 Å². The topological polar surface area (TPSA) is 127 Å². The Morgan fingerprint density at radius 2 is 2.04 bits per heavy atom. The average Bonchev–Trinajstić information content (AvgIpc) is 3.03. The first kappa shape index (κ1) is 16.7. The Labute approximate surface area is 144 Å². The summed E-state index contributed by atoms with van der Waals surface area (Å²) in [7, 11) is 0. The van der Waals surface area contributed by atoms with Crippen LogP contribution < -0.4 is 5.32 Å². The van der Waals surface area contributed by atoms with Gasteiger partial charge in [0.05, 0.1) is 18.0 Å². The second-order valence-corrected chi connectivity index (χ2v) is 7.19. The van der Waals surface area contributed by atoms with Gasteiger partial charge in [0, 0.05) is 12.0 Å². The molecule has 2 atom stereocenters. The molecule has 0 saturated carbocycles. The largest absolute Gasteiger partial charge is 0.478 e. The van der Waals surface area contributed by atoms with Gasteiger partial charge in [0.2, 0.25) is 5.91 Å². The number of nitrogens with zero attached hydrogens (tertiary/aromatic N) is 2. The summed E-state index contributed by atoms with van der Waals surface area (Å²) >= 11 is 2.67. The summed E-state index contributed by atoms with van der Waals surface area (Å²) in [5, 5.41) is 22.2. The summed E-state index contributed by atoms with van der Waals surface area (Å²) in [6.45, 7) is 0.104. The minimum absolute atomic E-state index is 0.0384. The normalized spacial score (nSPS) is 25.4. The molecule has 24 heavy (non-hydrogen) atoms. The van der Waals surface area contributed by atoms with E-state index in [-0.39, 0.29) is 23.8 Å². The molecule has 0 aromatic heterocycles. The second kappa shape index (κ2) is 6.40. The Morgan fingerprint density at radius 1 is 1.29 bits per heavy atom. The molecule has 9 nitrogen and oxygen atoms in total. The van der Waals surface area contributed by atoms with Crippen molar-refractivity contribution in [1.82, 2.24) is 15.1 Å². The van der Waals surface area contributed by atoms with E-state index in [0.29, 0.717) is 5.88 Å². The highest BCUT2D eigenvalue weighted by atomic mass is 32.2. The zero-order chi connectivity index (χ0) is 17.4. The minimum Gasteiger partial charge on any atom is -0.478 e. The highest BCUT2D eigenvalue weighted by Gasteiger charge is 2.55. The van der Waals surface area contributed by atoms with Crippen LogP contribution >= 0.6 is 23.5 Å². The van der Waals surface area contributed by atoms with Crippen LogP contribution in [0.2, 0.25) is 0 Å². The molecule has 0 bridgehead atoms. The van der Waals surface area contributed by atoms with Crippen molar-refractivity contribution in [3.63, 3.8) is 0 Å². The number of fused-ring (bicyclic) bond motifs is 1. The maximum absolute atomic E-state index is 12.2. The molecule has 0 aromatic carbocycles. The van der Waals surface area contributed by atoms with E-state index >= 15 is 0 Å². The minimum atomic E-state index is -1.46. The summed E-state index contributed by atoms with van der Waals surface area (Å²) in [6, 6.07) is -0.841. The zero-order valence-electron chi connectivity index (χ0n) is 12.2. The van der Waals surface area contributed by atoms with Crippen molar-refractivity contribution in [3.05, 3.63) is 22.9 Å².